The van der Waals surface area contributed by atoms with E-state index in [1.807, 2.05) is 30.3 Å². The molecule has 2 N–H and O–H groups in total. The minimum atomic E-state index is -0.0451. The number of carbonyl (C=O) groups excluding carboxylic acids is 1. The minimum Gasteiger partial charge on any atom is -0.366 e. The fraction of sp³-hybridized carbons (Fsp3) is 0.176. The standard InChI is InChI=1S/C17H14N6O/c18-8-11-9-22(10-11)16(24)13-6-4-12(5-7-13)14-2-1-3-15-20-17(19)21-23(14)15/h1-7,11H,9-10H2,(H2,19,21). The number of nitriles is 1. The highest BCUT2D eigenvalue weighted by atomic mass is 16.2. The zero-order valence-corrected chi connectivity index (χ0v) is 12.8. The van der Waals surface area contributed by atoms with E-state index in [2.05, 4.69) is 16.2 Å². The normalized spacial score (nSPS) is 14.4. The highest BCUT2D eigenvalue weighted by Crippen LogP contribution is 2.23. The van der Waals surface area contributed by atoms with E-state index in [1.54, 1.807) is 21.5 Å². The van der Waals surface area contributed by atoms with Crippen molar-refractivity contribution >= 4 is 17.5 Å². The van der Waals surface area contributed by atoms with E-state index in [9.17, 15) is 4.79 Å². The van der Waals surface area contributed by atoms with Gasteiger partial charge >= 0.3 is 0 Å². The van der Waals surface area contributed by atoms with Gasteiger partial charge in [0, 0.05) is 24.2 Å². The molecule has 0 bridgehead atoms. The molecule has 0 unspecified atom stereocenters. The zero-order valence-electron chi connectivity index (χ0n) is 12.8. The van der Waals surface area contributed by atoms with E-state index in [1.165, 1.54) is 0 Å². The molecule has 1 amide bonds. The molecule has 1 aromatic carbocycles. The number of nitrogen functional groups attached to an aromatic ring is 1. The van der Waals surface area contributed by atoms with Crippen LogP contribution in [0.4, 0.5) is 5.95 Å². The van der Waals surface area contributed by atoms with Crippen molar-refractivity contribution in [3.05, 3.63) is 48.0 Å². The number of aromatic nitrogens is 3. The first-order valence-corrected chi connectivity index (χ1v) is 7.56. The lowest BCUT2D eigenvalue weighted by molar-refractivity contribution is 0.0577. The molecule has 2 aromatic heterocycles. The van der Waals surface area contributed by atoms with Gasteiger partial charge in [0.25, 0.3) is 5.91 Å². The number of nitrogens with two attached hydrogens (primary N) is 1. The quantitative estimate of drug-likeness (QED) is 0.773. The van der Waals surface area contributed by atoms with Gasteiger partial charge in [-0.3, -0.25) is 4.79 Å². The second-order valence-corrected chi connectivity index (χ2v) is 5.76. The molecule has 1 saturated heterocycles. The molecule has 24 heavy (non-hydrogen) atoms. The Bertz CT molecular complexity index is 963. The second kappa shape index (κ2) is 5.35. The predicted octanol–water partition coefficient (Wildman–Crippen LogP) is 1.57. The Morgan fingerprint density at radius 3 is 2.67 bits per heavy atom. The number of fused-ring (bicyclic) bond motifs is 1. The third-order valence-corrected chi connectivity index (χ3v) is 4.16. The number of benzene rings is 1. The van der Waals surface area contributed by atoms with Crippen LogP contribution in [0, 0.1) is 17.2 Å². The first-order valence-electron chi connectivity index (χ1n) is 7.56. The number of nitrogens with zero attached hydrogens (tertiary/aromatic N) is 5. The molecular formula is C17H14N6O. The molecule has 0 spiro atoms. The fourth-order valence-corrected chi connectivity index (χ4v) is 2.83. The minimum absolute atomic E-state index is 0.0383. The average molecular weight is 318 g/mol. The molecule has 3 aromatic rings. The van der Waals surface area contributed by atoms with Crippen LogP contribution in [0.2, 0.25) is 0 Å². The van der Waals surface area contributed by atoms with Gasteiger partial charge in [0.15, 0.2) is 5.65 Å². The monoisotopic (exact) mass is 318 g/mol. The first kappa shape index (κ1) is 14.2. The number of amides is 1. The maximum absolute atomic E-state index is 12.3. The molecule has 1 fully saturated rings. The van der Waals surface area contributed by atoms with Crippen molar-refractivity contribution in [1.29, 1.82) is 5.26 Å². The van der Waals surface area contributed by atoms with Gasteiger partial charge in [-0.15, -0.1) is 5.10 Å². The average Bonchev–Trinajstić information content (AvgIpc) is 2.94. The van der Waals surface area contributed by atoms with Crippen LogP contribution in [0.1, 0.15) is 10.4 Å². The Hall–Kier alpha value is -3.40. The summed E-state index contributed by atoms with van der Waals surface area (Å²) in [6, 6.07) is 15.1. The maximum atomic E-state index is 12.3. The number of pyridine rings is 1. The smallest absolute Gasteiger partial charge is 0.253 e. The van der Waals surface area contributed by atoms with Crippen LogP contribution in [-0.4, -0.2) is 38.5 Å². The predicted molar refractivity (Wildman–Crippen MR) is 87.8 cm³/mol. The summed E-state index contributed by atoms with van der Waals surface area (Å²) < 4.78 is 1.68. The topological polar surface area (TPSA) is 100 Å². The van der Waals surface area contributed by atoms with Gasteiger partial charge in [-0.25, -0.2) is 4.52 Å². The number of rotatable bonds is 2. The summed E-state index contributed by atoms with van der Waals surface area (Å²) in [6.07, 6.45) is 0. The molecule has 0 saturated carbocycles. The van der Waals surface area contributed by atoms with Crippen LogP contribution in [0.25, 0.3) is 16.9 Å². The lowest BCUT2D eigenvalue weighted by atomic mass is 10.00. The van der Waals surface area contributed by atoms with E-state index >= 15 is 0 Å². The molecule has 1 aliphatic rings. The number of likely N-dealkylation sites (tertiary alicyclic amines) is 1. The van der Waals surface area contributed by atoms with Crippen molar-refractivity contribution < 1.29 is 4.79 Å². The van der Waals surface area contributed by atoms with Crippen LogP contribution >= 0.6 is 0 Å². The lowest BCUT2D eigenvalue weighted by Gasteiger charge is -2.35. The van der Waals surface area contributed by atoms with Gasteiger partial charge in [0.05, 0.1) is 17.7 Å². The van der Waals surface area contributed by atoms with Gasteiger partial charge in [-0.1, -0.05) is 18.2 Å². The van der Waals surface area contributed by atoms with Crippen LogP contribution in [0.3, 0.4) is 0 Å². The third-order valence-electron chi connectivity index (χ3n) is 4.16. The van der Waals surface area contributed by atoms with Crippen molar-refractivity contribution in [3.8, 4) is 17.3 Å². The maximum Gasteiger partial charge on any atom is 0.253 e. The van der Waals surface area contributed by atoms with Gasteiger partial charge in [-0.2, -0.15) is 10.2 Å². The van der Waals surface area contributed by atoms with Crippen LogP contribution in [0.5, 0.6) is 0 Å². The van der Waals surface area contributed by atoms with E-state index in [0.717, 1.165) is 11.3 Å². The zero-order chi connectivity index (χ0) is 16.7. The Balaban J connectivity index is 1.62. The van der Waals surface area contributed by atoms with Crippen molar-refractivity contribution in [2.24, 2.45) is 5.92 Å². The van der Waals surface area contributed by atoms with E-state index in [0.29, 0.717) is 24.3 Å². The number of carbonyl (C=O) groups is 1. The van der Waals surface area contributed by atoms with E-state index in [-0.39, 0.29) is 17.8 Å². The molecule has 118 valence electrons. The second-order valence-electron chi connectivity index (χ2n) is 5.76. The molecule has 1 aliphatic heterocycles. The van der Waals surface area contributed by atoms with Crippen molar-refractivity contribution in [1.82, 2.24) is 19.5 Å². The van der Waals surface area contributed by atoms with Crippen LogP contribution < -0.4 is 5.73 Å². The first-order chi connectivity index (χ1) is 11.7. The molecule has 7 nitrogen and oxygen atoms in total. The Labute approximate surface area is 137 Å². The van der Waals surface area contributed by atoms with E-state index < -0.39 is 0 Å². The molecule has 3 heterocycles. The highest BCUT2D eigenvalue weighted by molar-refractivity contribution is 5.95. The summed E-state index contributed by atoms with van der Waals surface area (Å²) in [4.78, 5) is 18.2. The van der Waals surface area contributed by atoms with Crippen LogP contribution in [0.15, 0.2) is 42.5 Å². The van der Waals surface area contributed by atoms with Gasteiger partial charge < -0.3 is 10.6 Å². The highest BCUT2D eigenvalue weighted by Gasteiger charge is 2.30. The summed E-state index contributed by atoms with van der Waals surface area (Å²) in [7, 11) is 0. The number of anilines is 1. The fourth-order valence-electron chi connectivity index (χ4n) is 2.83. The molecule has 0 atom stereocenters. The summed E-state index contributed by atoms with van der Waals surface area (Å²) in [6.45, 7) is 1.02. The molecule has 4 rings (SSSR count). The van der Waals surface area contributed by atoms with Gasteiger partial charge in [0.1, 0.15) is 0 Å². The Morgan fingerprint density at radius 1 is 1.21 bits per heavy atom. The molecule has 0 aliphatic carbocycles. The van der Waals surface area contributed by atoms with Crippen molar-refractivity contribution in [2.75, 3.05) is 18.8 Å². The largest absolute Gasteiger partial charge is 0.366 e. The van der Waals surface area contributed by atoms with Gasteiger partial charge in [0.2, 0.25) is 5.95 Å². The number of hydrogen-bond acceptors (Lipinski definition) is 5. The summed E-state index contributed by atoms with van der Waals surface area (Å²) in [5, 5.41) is 13.0. The van der Waals surface area contributed by atoms with Crippen molar-refractivity contribution in [2.45, 2.75) is 0 Å². The summed E-state index contributed by atoms with van der Waals surface area (Å²) in [5.41, 5.74) is 8.72. The van der Waals surface area contributed by atoms with Crippen molar-refractivity contribution in [3.63, 3.8) is 0 Å². The van der Waals surface area contributed by atoms with E-state index in [4.69, 9.17) is 11.0 Å². The third kappa shape index (κ3) is 2.25. The molecular weight excluding hydrogens is 304 g/mol. The molecule has 0 radical (unpaired) electrons. The van der Waals surface area contributed by atoms with Gasteiger partial charge in [-0.05, 0) is 24.3 Å². The summed E-state index contributed by atoms with van der Waals surface area (Å²) >= 11 is 0. The SMILES string of the molecule is N#CC1CN(C(=O)c2ccc(-c3cccc4nc(N)nn34)cc2)C1. The lowest BCUT2D eigenvalue weighted by Crippen LogP contribution is -2.49. The van der Waals surface area contributed by atoms with Crippen LogP contribution in [-0.2, 0) is 0 Å². The Kier molecular flexibility index (Phi) is 3.17. The summed E-state index contributed by atoms with van der Waals surface area (Å²) in [5.74, 6) is 0.138. The molecule has 7 heteroatoms. The number of hydrogen-bond donors (Lipinski definition) is 1. The Morgan fingerprint density at radius 2 is 1.96 bits per heavy atom.